The summed E-state index contributed by atoms with van der Waals surface area (Å²) in [7, 11) is 0. The first-order chi connectivity index (χ1) is 12.1. The summed E-state index contributed by atoms with van der Waals surface area (Å²) in [4.78, 5) is 0. The van der Waals surface area contributed by atoms with Gasteiger partial charge in [-0.25, -0.2) is 4.39 Å². The Hall–Kier alpha value is -3.28. The van der Waals surface area contributed by atoms with Crippen LogP contribution in [0.1, 0.15) is 19.4 Å². The molecule has 6 heteroatoms. The molecule has 1 aromatic carbocycles. The summed E-state index contributed by atoms with van der Waals surface area (Å²) in [6.45, 7) is 7.55. The van der Waals surface area contributed by atoms with E-state index in [4.69, 9.17) is 11.1 Å². The number of allylic oxidation sites excluding steroid dienone is 4. The fourth-order valence-electron chi connectivity index (χ4n) is 1.91. The third-order valence-electron chi connectivity index (χ3n) is 3.06. The van der Waals surface area contributed by atoms with Gasteiger partial charge in [-0.15, -0.1) is 10.2 Å². The molecule has 2 rings (SSSR count). The Labute approximate surface area is 146 Å². The molecule has 2 aromatic rings. The third kappa shape index (κ3) is 5.10. The van der Waals surface area contributed by atoms with Gasteiger partial charge in [0.2, 0.25) is 0 Å². The van der Waals surface area contributed by atoms with Crippen LogP contribution in [0.3, 0.4) is 0 Å². The number of nitrogens with zero attached hydrogens (tertiary/aromatic N) is 2. The first-order valence-electron chi connectivity index (χ1n) is 7.69. The van der Waals surface area contributed by atoms with Crippen molar-refractivity contribution in [2.45, 2.75) is 13.8 Å². The van der Waals surface area contributed by atoms with E-state index in [-0.39, 0.29) is 17.1 Å². The quantitative estimate of drug-likeness (QED) is 0.550. The maximum atomic E-state index is 14.4. The van der Waals surface area contributed by atoms with Crippen molar-refractivity contribution in [2.75, 3.05) is 5.73 Å². The highest BCUT2D eigenvalue weighted by atomic mass is 19.1. The number of benzene rings is 1. The number of para-hydroxylation sites is 1. The molecule has 0 radical (unpaired) electrons. The minimum Gasteiger partial charge on any atom is -0.507 e. The third-order valence-corrected chi connectivity index (χ3v) is 3.06. The lowest BCUT2D eigenvalue weighted by Crippen LogP contribution is -2.00. The molecule has 0 aliphatic carbocycles. The van der Waals surface area contributed by atoms with Crippen LogP contribution >= 0.6 is 0 Å². The number of halogens is 1. The predicted octanol–water partition coefficient (Wildman–Crippen LogP) is 4.53. The topological polar surface area (TPSA) is 95.9 Å². The Morgan fingerprint density at radius 1 is 1.28 bits per heavy atom. The number of nitrogen functional groups attached to an aromatic ring is 1. The predicted molar refractivity (Wildman–Crippen MR) is 101 cm³/mol. The molecule has 0 aliphatic rings. The summed E-state index contributed by atoms with van der Waals surface area (Å²) < 4.78 is 14.4. The maximum absolute atomic E-state index is 14.4. The molecule has 0 fully saturated rings. The fourth-order valence-corrected chi connectivity index (χ4v) is 1.91. The van der Waals surface area contributed by atoms with Crippen molar-refractivity contribution in [2.24, 2.45) is 0 Å². The van der Waals surface area contributed by atoms with Gasteiger partial charge < -0.3 is 16.2 Å². The smallest absolute Gasteiger partial charge is 0.156 e. The van der Waals surface area contributed by atoms with Crippen molar-refractivity contribution >= 4 is 17.9 Å². The molecule has 0 aliphatic heterocycles. The number of hydrogen-bond acceptors (Lipinski definition) is 5. The molecule has 0 atom stereocenters. The highest BCUT2D eigenvalue weighted by molar-refractivity contribution is 5.78. The molecule has 1 heterocycles. The normalized spacial score (nSPS) is 11.3. The molecule has 0 amide bonds. The van der Waals surface area contributed by atoms with Gasteiger partial charge in [-0.05, 0) is 35.9 Å². The average Bonchev–Trinajstić information content (AvgIpc) is 2.64. The van der Waals surface area contributed by atoms with E-state index in [0.29, 0.717) is 16.8 Å². The van der Waals surface area contributed by atoms with Crippen LogP contribution in [0.2, 0.25) is 0 Å². The van der Waals surface area contributed by atoms with Crippen molar-refractivity contribution < 1.29 is 9.50 Å². The standard InChI is InChI=1S/C17H15FN4O.C2H6/c1-2-11(7-8-19)9-14(18)13-10-15(21-22-17(13)20)12-5-3-4-6-16(12)23;1-2/h2-10,19,23H,1H2,(H2,20,22);1-2H3/b11-7+,14-9-,19-8?;. The van der Waals surface area contributed by atoms with Gasteiger partial charge in [0.1, 0.15) is 11.6 Å². The number of nitrogens with two attached hydrogens (primary N) is 1. The first kappa shape index (κ1) is 19.8. The van der Waals surface area contributed by atoms with E-state index in [1.54, 1.807) is 18.2 Å². The molecule has 0 bridgehead atoms. The largest absolute Gasteiger partial charge is 0.507 e. The summed E-state index contributed by atoms with van der Waals surface area (Å²) in [6, 6.07) is 7.95. The van der Waals surface area contributed by atoms with Crippen LogP contribution in [0.15, 0.2) is 60.7 Å². The molecule has 0 saturated carbocycles. The number of rotatable bonds is 5. The van der Waals surface area contributed by atoms with Crippen molar-refractivity contribution in [1.82, 2.24) is 10.2 Å². The number of phenols is 1. The minimum atomic E-state index is -0.637. The first-order valence-corrected chi connectivity index (χ1v) is 7.69. The molecule has 130 valence electrons. The van der Waals surface area contributed by atoms with E-state index in [2.05, 4.69) is 16.8 Å². The van der Waals surface area contributed by atoms with Crippen LogP contribution in [0.4, 0.5) is 10.2 Å². The minimum absolute atomic E-state index is 0.0115. The van der Waals surface area contributed by atoms with Gasteiger partial charge >= 0.3 is 0 Å². The van der Waals surface area contributed by atoms with Crippen LogP contribution in [-0.4, -0.2) is 21.5 Å². The van der Waals surface area contributed by atoms with Crippen LogP contribution in [0.25, 0.3) is 17.1 Å². The second-order valence-corrected chi connectivity index (χ2v) is 4.58. The number of anilines is 1. The van der Waals surface area contributed by atoms with Gasteiger partial charge in [0, 0.05) is 11.8 Å². The number of phenolic OH excluding ortho intramolecular Hbond substituents is 1. The van der Waals surface area contributed by atoms with Gasteiger partial charge in [-0.3, -0.25) is 0 Å². The van der Waals surface area contributed by atoms with Gasteiger partial charge in [0.05, 0.1) is 11.3 Å². The molecule has 1 aromatic heterocycles. The lowest BCUT2D eigenvalue weighted by molar-refractivity contribution is 0.477. The van der Waals surface area contributed by atoms with Crippen molar-refractivity contribution in [3.63, 3.8) is 0 Å². The lowest BCUT2D eigenvalue weighted by atomic mass is 10.1. The zero-order valence-electron chi connectivity index (χ0n) is 14.2. The summed E-state index contributed by atoms with van der Waals surface area (Å²) >= 11 is 0. The average molecular weight is 340 g/mol. The van der Waals surface area contributed by atoms with E-state index < -0.39 is 5.83 Å². The van der Waals surface area contributed by atoms with Crippen LogP contribution < -0.4 is 5.73 Å². The Morgan fingerprint density at radius 3 is 2.56 bits per heavy atom. The Kier molecular flexibility index (Phi) is 7.72. The van der Waals surface area contributed by atoms with Crippen LogP contribution in [0.5, 0.6) is 5.75 Å². The summed E-state index contributed by atoms with van der Waals surface area (Å²) in [5.41, 5.74) is 6.88. The number of aromatic nitrogens is 2. The van der Waals surface area contributed by atoms with Crippen molar-refractivity contribution in [3.05, 3.63) is 66.3 Å². The molecule has 0 unspecified atom stereocenters. The second-order valence-electron chi connectivity index (χ2n) is 4.58. The zero-order valence-corrected chi connectivity index (χ0v) is 14.2. The summed E-state index contributed by atoms with van der Waals surface area (Å²) in [5, 5.41) is 24.5. The van der Waals surface area contributed by atoms with E-state index in [1.807, 2.05) is 13.8 Å². The summed E-state index contributed by atoms with van der Waals surface area (Å²) in [6.07, 6.45) is 5.03. The van der Waals surface area contributed by atoms with Gasteiger partial charge in [0.15, 0.2) is 5.82 Å². The Balaban J connectivity index is 0.00000151. The second kappa shape index (κ2) is 9.77. The summed E-state index contributed by atoms with van der Waals surface area (Å²) in [5.74, 6) is -0.698. The molecular formula is C19H21FN4O. The van der Waals surface area contributed by atoms with Crippen molar-refractivity contribution in [3.8, 4) is 17.0 Å². The SMILES string of the molecule is C=CC(/C=C(\F)c1cc(-c2ccccc2O)nnc1N)=C\C=N.CC. The Bertz CT molecular complexity index is 813. The van der Waals surface area contributed by atoms with Crippen LogP contribution in [0, 0.1) is 5.41 Å². The molecule has 4 N–H and O–H groups in total. The highest BCUT2D eigenvalue weighted by Gasteiger charge is 2.12. The molecule has 25 heavy (non-hydrogen) atoms. The van der Waals surface area contributed by atoms with Gasteiger partial charge in [0.25, 0.3) is 0 Å². The monoisotopic (exact) mass is 340 g/mol. The van der Waals surface area contributed by atoms with E-state index in [9.17, 15) is 9.50 Å². The van der Waals surface area contributed by atoms with E-state index in [1.165, 1.54) is 30.4 Å². The molecule has 0 saturated heterocycles. The number of hydrogen-bond donors (Lipinski definition) is 3. The highest BCUT2D eigenvalue weighted by Crippen LogP contribution is 2.30. The van der Waals surface area contributed by atoms with E-state index in [0.717, 1.165) is 6.21 Å². The van der Waals surface area contributed by atoms with Crippen LogP contribution in [-0.2, 0) is 0 Å². The molecule has 0 spiro atoms. The number of aromatic hydroxyl groups is 1. The maximum Gasteiger partial charge on any atom is 0.156 e. The van der Waals surface area contributed by atoms with Gasteiger partial charge in [-0.1, -0.05) is 38.6 Å². The van der Waals surface area contributed by atoms with E-state index >= 15 is 0 Å². The number of nitrogens with one attached hydrogen (secondary N) is 1. The van der Waals surface area contributed by atoms with Gasteiger partial charge in [-0.2, -0.15) is 0 Å². The lowest BCUT2D eigenvalue weighted by Gasteiger charge is -2.07. The molecular weight excluding hydrogens is 319 g/mol. The Morgan fingerprint density at radius 2 is 1.96 bits per heavy atom. The fraction of sp³-hybridized carbons (Fsp3) is 0.105. The van der Waals surface area contributed by atoms with Crippen molar-refractivity contribution in [1.29, 1.82) is 5.41 Å². The molecule has 5 nitrogen and oxygen atoms in total. The zero-order chi connectivity index (χ0) is 18.8.